The van der Waals surface area contributed by atoms with Crippen molar-refractivity contribution in [2.45, 2.75) is 25.2 Å². The van der Waals surface area contributed by atoms with Crippen molar-refractivity contribution in [2.75, 3.05) is 0 Å². The summed E-state index contributed by atoms with van der Waals surface area (Å²) in [5, 5.41) is 19.5. The summed E-state index contributed by atoms with van der Waals surface area (Å²) in [6, 6.07) is 4.79. The van der Waals surface area contributed by atoms with Crippen LogP contribution in [0.15, 0.2) is 36.9 Å². The number of imidazole rings is 1. The lowest BCUT2D eigenvalue weighted by molar-refractivity contribution is 0.0571. The molecule has 1 aromatic carbocycles. The molecule has 2 N–H and O–H groups in total. The Morgan fingerprint density at radius 3 is 3.11 bits per heavy atom. The van der Waals surface area contributed by atoms with Crippen molar-refractivity contribution in [3.8, 4) is 11.5 Å². The van der Waals surface area contributed by atoms with Crippen LogP contribution in [0.2, 0.25) is 0 Å². The predicted molar refractivity (Wildman–Crippen MR) is 64.3 cm³/mol. The van der Waals surface area contributed by atoms with Crippen LogP contribution in [0.1, 0.15) is 18.1 Å². The van der Waals surface area contributed by atoms with Gasteiger partial charge in [-0.25, -0.2) is 4.98 Å². The zero-order chi connectivity index (χ0) is 12.5. The molecule has 0 bridgehead atoms. The number of nitrogens with zero attached hydrogens (tertiary/aromatic N) is 2. The fourth-order valence-corrected chi connectivity index (χ4v) is 2.25. The lowest BCUT2D eigenvalue weighted by Crippen LogP contribution is -2.29. The lowest BCUT2D eigenvalue weighted by Gasteiger charge is -2.29. The summed E-state index contributed by atoms with van der Waals surface area (Å²) in [7, 11) is 0. The zero-order valence-corrected chi connectivity index (χ0v) is 9.73. The molecule has 0 aliphatic carbocycles. The first-order chi connectivity index (χ1) is 8.72. The Morgan fingerprint density at radius 1 is 1.44 bits per heavy atom. The fraction of sp³-hybridized carbons (Fsp3) is 0.308. The number of rotatable bonds is 2. The third-order valence-electron chi connectivity index (χ3n) is 3.11. The summed E-state index contributed by atoms with van der Waals surface area (Å²) in [4.78, 5) is 3.97. The van der Waals surface area contributed by atoms with E-state index in [9.17, 15) is 10.2 Å². The van der Waals surface area contributed by atoms with Gasteiger partial charge in [0.1, 0.15) is 17.6 Å². The molecule has 3 rings (SSSR count). The van der Waals surface area contributed by atoms with E-state index in [2.05, 4.69) is 4.98 Å². The van der Waals surface area contributed by atoms with E-state index in [0.717, 1.165) is 5.56 Å². The molecule has 0 saturated heterocycles. The molecular weight excluding hydrogens is 232 g/mol. The monoisotopic (exact) mass is 246 g/mol. The van der Waals surface area contributed by atoms with Gasteiger partial charge in [0.05, 0.1) is 19.0 Å². The van der Waals surface area contributed by atoms with Crippen molar-refractivity contribution >= 4 is 0 Å². The Hall–Kier alpha value is -2.01. The van der Waals surface area contributed by atoms with Crippen molar-refractivity contribution in [3.63, 3.8) is 0 Å². The van der Waals surface area contributed by atoms with Crippen LogP contribution in [0.5, 0.6) is 11.5 Å². The van der Waals surface area contributed by atoms with Crippen LogP contribution in [-0.2, 0) is 6.54 Å². The molecule has 18 heavy (non-hydrogen) atoms. The van der Waals surface area contributed by atoms with Gasteiger partial charge in [-0.3, -0.25) is 0 Å². The normalized spacial score (nSPS) is 22.3. The maximum atomic E-state index is 10.1. The van der Waals surface area contributed by atoms with E-state index in [1.165, 1.54) is 0 Å². The van der Waals surface area contributed by atoms with E-state index in [1.54, 1.807) is 30.7 Å². The molecule has 2 unspecified atom stereocenters. The van der Waals surface area contributed by atoms with Gasteiger partial charge in [0.15, 0.2) is 0 Å². The molecule has 5 nitrogen and oxygen atoms in total. The van der Waals surface area contributed by atoms with Crippen LogP contribution >= 0.6 is 0 Å². The van der Waals surface area contributed by atoms with Crippen molar-refractivity contribution in [1.82, 2.24) is 9.55 Å². The Bertz CT molecular complexity index is 539. The second-order valence-corrected chi connectivity index (χ2v) is 4.47. The number of benzene rings is 1. The number of hydrogen-bond donors (Lipinski definition) is 2. The molecule has 94 valence electrons. The number of phenolic OH excluding ortho intramolecular Hbond substituents is 1. The average molecular weight is 246 g/mol. The number of ether oxygens (including phenoxy) is 1. The maximum absolute atomic E-state index is 10.1. The van der Waals surface area contributed by atoms with Gasteiger partial charge in [-0.05, 0) is 12.1 Å². The summed E-state index contributed by atoms with van der Waals surface area (Å²) in [6.07, 6.45) is 5.14. The van der Waals surface area contributed by atoms with Crippen LogP contribution in [0.25, 0.3) is 0 Å². The zero-order valence-electron chi connectivity index (χ0n) is 9.73. The summed E-state index contributed by atoms with van der Waals surface area (Å²) in [5.74, 6) is 0.697. The highest BCUT2D eigenvalue weighted by Gasteiger charge is 2.27. The SMILES string of the molecule is Oc1ccc2c(c1)OC(Cn1ccnc1)CC2O. The molecule has 0 spiro atoms. The van der Waals surface area contributed by atoms with Gasteiger partial charge in [0, 0.05) is 30.4 Å². The number of hydrogen-bond acceptors (Lipinski definition) is 4. The molecule has 0 saturated carbocycles. The van der Waals surface area contributed by atoms with Gasteiger partial charge in [-0.15, -0.1) is 0 Å². The van der Waals surface area contributed by atoms with Crippen molar-refractivity contribution < 1.29 is 14.9 Å². The molecule has 1 aromatic heterocycles. The van der Waals surface area contributed by atoms with Gasteiger partial charge in [0.2, 0.25) is 0 Å². The van der Waals surface area contributed by atoms with Crippen LogP contribution in [0, 0.1) is 0 Å². The molecule has 2 aromatic rings. The topological polar surface area (TPSA) is 67.5 Å². The highest BCUT2D eigenvalue weighted by Crippen LogP contribution is 2.37. The second kappa shape index (κ2) is 4.34. The van der Waals surface area contributed by atoms with Crippen LogP contribution in [0.3, 0.4) is 0 Å². The highest BCUT2D eigenvalue weighted by molar-refractivity contribution is 5.42. The molecular formula is C13H14N2O3. The minimum atomic E-state index is -0.553. The third-order valence-corrected chi connectivity index (χ3v) is 3.11. The molecule has 0 radical (unpaired) electrons. The quantitative estimate of drug-likeness (QED) is 0.842. The molecule has 0 fully saturated rings. The molecule has 0 amide bonds. The van der Waals surface area contributed by atoms with Crippen molar-refractivity contribution in [1.29, 1.82) is 0 Å². The minimum absolute atomic E-state index is 0.122. The van der Waals surface area contributed by atoms with E-state index in [1.807, 2.05) is 10.8 Å². The molecule has 2 atom stereocenters. The smallest absolute Gasteiger partial charge is 0.129 e. The summed E-state index contributed by atoms with van der Waals surface area (Å²) in [5.41, 5.74) is 0.731. The van der Waals surface area contributed by atoms with E-state index >= 15 is 0 Å². The minimum Gasteiger partial charge on any atom is -0.508 e. The van der Waals surface area contributed by atoms with E-state index < -0.39 is 6.10 Å². The lowest BCUT2D eigenvalue weighted by atomic mass is 9.99. The number of fused-ring (bicyclic) bond motifs is 1. The first-order valence-electron chi connectivity index (χ1n) is 5.86. The van der Waals surface area contributed by atoms with Crippen molar-refractivity contribution in [2.24, 2.45) is 0 Å². The first kappa shape index (κ1) is 11.1. The number of phenols is 1. The summed E-state index contributed by atoms with van der Waals surface area (Å²) in [6.45, 7) is 0.631. The van der Waals surface area contributed by atoms with Gasteiger partial charge >= 0.3 is 0 Å². The first-order valence-corrected chi connectivity index (χ1v) is 5.86. The van der Waals surface area contributed by atoms with Crippen LogP contribution in [0.4, 0.5) is 0 Å². The molecule has 1 aliphatic heterocycles. The Labute approximate surface area is 104 Å². The Kier molecular flexibility index (Phi) is 2.68. The van der Waals surface area contributed by atoms with Gasteiger partial charge in [-0.1, -0.05) is 0 Å². The standard InChI is InChI=1S/C13H14N2O3/c16-9-1-2-11-12(17)6-10(18-13(11)5-9)7-15-4-3-14-8-15/h1-5,8,10,12,16-17H,6-7H2. The fourth-order valence-electron chi connectivity index (χ4n) is 2.25. The van der Waals surface area contributed by atoms with Gasteiger partial charge < -0.3 is 19.5 Å². The van der Waals surface area contributed by atoms with Crippen molar-refractivity contribution in [3.05, 3.63) is 42.5 Å². The number of aliphatic hydroxyl groups is 1. The third kappa shape index (κ3) is 2.04. The number of aliphatic hydroxyl groups excluding tert-OH is 1. The molecule has 5 heteroatoms. The Balaban J connectivity index is 1.82. The average Bonchev–Trinajstić information content (AvgIpc) is 2.81. The van der Waals surface area contributed by atoms with E-state index in [0.29, 0.717) is 18.7 Å². The number of aromatic nitrogens is 2. The molecule has 2 heterocycles. The second-order valence-electron chi connectivity index (χ2n) is 4.47. The Morgan fingerprint density at radius 2 is 2.33 bits per heavy atom. The number of aromatic hydroxyl groups is 1. The van der Waals surface area contributed by atoms with Gasteiger partial charge in [0.25, 0.3) is 0 Å². The largest absolute Gasteiger partial charge is 0.508 e. The summed E-state index contributed by atoms with van der Waals surface area (Å²) < 4.78 is 7.70. The van der Waals surface area contributed by atoms with E-state index in [-0.39, 0.29) is 11.9 Å². The van der Waals surface area contributed by atoms with Crippen LogP contribution < -0.4 is 4.74 Å². The maximum Gasteiger partial charge on any atom is 0.129 e. The van der Waals surface area contributed by atoms with Gasteiger partial charge in [-0.2, -0.15) is 0 Å². The summed E-state index contributed by atoms with van der Waals surface area (Å²) >= 11 is 0. The van der Waals surface area contributed by atoms with Crippen LogP contribution in [-0.4, -0.2) is 25.9 Å². The molecule has 1 aliphatic rings. The van der Waals surface area contributed by atoms with E-state index in [4.69, 9.17) is 4.74 Å². The highest BCUT2D eigenvalue weighted by atomic mass is 16.5. The predicted octanol–water partition coefficient (Wildman–Crippen LogP) is 1.47.